The van der Waals surface area contributed by atoms with E-state index in [2.05, 4.69) is 11.8 Å². The van der Waals surface area contributed by atoms with E-state index in [-0.39, 0.29) is 0 Å². The van der Waals surface area contributed by atoms with Crippen LogP contribution in [0.25, 0.3) is 0 Å². The van der Waals surface area contributed by atoms with Crippen molar-refractivity contribution in [2.45, 2.75) is 3.79 Å². The van der Waals surface area contributed by atoms with Crippen molar-refractivity contribution < 1.29 is 5.11 Å². The monoisotopic (exact) mass is 171 g/mol. The molecule has 0 aromatic rings. The van der Waals surface area contributed by atoms with Crippen LogP contribution in [0.4, 0.5) is 0 Å². The van der Waals surface area contributed by atoms with Gasteiger partial charge in [0.1, 0.15) is 6.61 Å². The average Bonchev–Trinajstić information content (AvgIpc) is 1.59. The van der Waals surface area contributed by atoms with Crippen molar-refractivity contribution in [2.75, 3.05) is 6.61 Å². The molecule has 0 aromatic heterocycles. The standard InChI is InChI=1S/C4H2Cl3O/c5-4(6,7)2-1-3-8/h3H2. The molecule has 0 fully saturated rings. The largest absolute Gasteiger partial charge is 0.252 e. The molecule has 0 heterocycles. The van der Waals surface area contributed by atoms with Crippen LogP contribution in [-0.4, -0.2) is 10.4 Å². The van der Waals surface area contributed by atoms with Crippen LogP contribution in [0.1, 0.15) is 0 Å². The van der Waals surface area contributed by atoms with Gasteiger partial charge in [-0.1, -0.05) is 40.7 Å². The van der Waals surface area contributed by atoms with Crippen LogP contribution in [0, 0.1) is 11.8 Å². The Balaban J connectivity index is 3.69. The zero-order valence-electron chi connectivity index (χ0n) is 3.75. The summed E-state index contributed by atoms with van der Waals surface area (Å²) in [7, 11) is 0. The highest BCUT2D eigenvalue weighted by Crippen LogP contribution is 2.23. The quantitative estimate of drug-likeness (QED) is 0.392. The van der Waals surface area contributed by atoms with Crippen LogP contribution in [0.3, 0.4) is 0 Å². The Hall–Kier alpha value is 0.390. The Morgan fingerprint density at radius 1 is 1.38 bits per heavy atom. The molecule has 0 aromatic carbocycles. The Kier molecular flexibility index (Phi) is 3.59. The van der Waals surface area contributed by atoms with Gasteiger partial charge in [-0.3, -0.25) is 0 Å². The summed E-state index contributed by atoms with van der Waals surface area (Å²) in [5.41, 5.74) is 0. The van der Waals surface area contributed by atoms with E-state index in [4.69, 9.17) is 34.8 Å². The van der Waals surface area contributed by atoms with E-state index in [1.54, 1.807) is 0 Å². The summed E-state index contributed by atoms with van der Waals surface area (Å²) in [5, 5.41) is 9.63. The molecule has 0 N–H and O–H groups in total. The van der Waals surface area contributed by atoms with E-state index in [1.165, 1.54) is 0 Å². The van der Waals surface area contributed by atoms with Crippen molar-refractivity contribution in [2.24, 2.45) is 0 Å². The van der Waals surface area contributed by atoms with Crippen LogP contribution in [0.15, 0.2) is 0 Å². The second kappa shape index (κ2) is 3.42. The van der Waals surface area contributed by atoms with Crippen molar-refractivity contribution in [3.8, 4) is 11.8 Å². The van der Waals surface area contributed by atoms with Crippen molar-refractivity contribution in [3.63, 3.8) is 0 Å². The Morgan fingerprint density at radius 3 is 2.00 bits per heavy atom. The maximum atomic E-state index is 9.63. The van der Waals surface area contributed by atoms with Crippen molar-refractivity contribution >= 4 is 34.8 Å². The maximum absolute atomic E-state index is 9.63. The lowest BCUT2D eigenvalue weighted by Gasteiger charge is -1.95. The molecule has 0 aliphatic heterocycles. The second-order valence-electron chi connectivity index (χ2n) is 0.944. The summed E-state index contributed by atoms with van der Waals surface area (Å²) < 4.78 is -1.59. The van der Waals surface area contributed by atoms with Gasteiger partial charge in [0.05, 0.1) is 0 Å². The summed E-state index contributed by atoms with van der Waals surface area (Å²) in [5.74, 6) is 4.19. The van der Waals surface area contributed by atoms with Crippen molar-refractivity contribution in [1.29, 1.82) is 0 Å². The first kappa shape index (κ1) is 8.39. The molecule has 8 heavy (non-hydrogen) atoms. The SMILES string of the molecule is [O]CC#CC(Cl)(Cl)Cl. The lowest BCUT2D eigenvalue weighted by atomic mass is 10.6. The number of hydrogen-bond acceptors (Lipinski definition) is 0. The van der Waals surface area contributed by atoms with Crippen molar-refractivity contribution in [1.82, 2.24) is 0 Å². The van der Waals surface area contributed by atoms with E-state index in [9.17, 15) is 5.11 Å². The first-order valence-electron chi connectivity index (χ1n) is 1.71. The van der Waals surface area contributed by atoms with E-state index < -0.39 is 10.4 Å². The number of halogens is 3. The average molecular weight is 172 g/mol. The van der Waals surface area contributed by atoms with Gasteiger partial charge in [0.15, 0.2) is 0 Å². The lowest BCUT2D eigenvalue weighted by molar-refractivity contribution is 0.239. The highest BCUT2D eigenvalue weighted by molar-refractivity contribution is 6.69. The molecule has 0 saturated carbocycles. The molecular weight excluding hydrogens is 170 g/mol. The molecule has 4 heteroatoms. The van der Waals surface area contributed by atoms with Crippen molar-refractivity contribution in [3.05, 3.63) is 0 Å². The van der Waals surface area contributed by atoms with E-state index in [1.807, 2.05) is 0 Å². The minimum Gasteiger partial charge on any atom is -0.223 e. The molecule has 1 nitrogen and oxygen atoms in total. The fraction of sp³-hybridized carbons (Fsp3) is 0.500. The van der Waals surface area contributed by atoms with E-state index in [0.29, 0.717) is 0 Å². The van der Waals surface area contributed by atoms with Crippen LogP contribution in [-0.2, 0) is 5.11 Å². The number of hydrogen-bond donors (Lipinski definition) is 0. The molecule has 0 unspecified atom stereocenters. The minimum atomic E-state index is -1.59. The summed E-state index contributed by atoms with van der Waals surface area (Å²) in [6.07, 6.45) is 0. The van der Waals surface area contributed by atoms with Crippen LogP contribution < -0.4 is 0 Å². The first-order chi connectivity index (χ1) is 3.56. The molecule has 1 radical (unpaired) electrons. The number of alkyl halides is 3. The fourth-order valence-corrected chi connectivity index (χ4v) is 0.337. The summed E-state index contributed by atoms with van der Waals surface area (Å²) in [6.45, 7) is -0.534. The van der Waals surface area contributed by atoms with E-state index in [0.717, 1.165) is 0 Å². The Bertz CT molecular complexity index is 115. The maximum Gasteiger partial charge on any atom is 0.252 e. The van der Waals surface area contributed by atoms with Gasteiger partial charge < -0.3 is 0 Å². The normalized spacial score (nSPS) is 10.0. The molecule has 45 valence electrons. The molecule has 0 aliphatic carbocycles. The molecule has 0 saturated heterocycles. The highest BCUT2D eigenvalue weighted by Gasteiger charge is 2.13. The van der Waals surface area contributed by atoms with Gasteiger partial charge in [0.25, 0.3) is 3.79 Å². The molecule has 0 spiro atoms. The van der Waals surface area contributed by atoms with Gasteiger partial charge in [0.2, 0.25) is 0 Å². The number of rotatable bonds is 0. The topological polar surface area (TPSA) is 19.9 Å². The third kappa shape index (κ3) is 6.39. The predicted octanol–water partition coefficient (Wildman–Crippen LogP) is 1.79. The van der Waals surface area contributed by atoms with Gasteiger partial charge in [-0.15, -0.1) is 0 Å². The summed E-state index contributed by atoms with van der Waals surface area (Å²) in [6, 6.07) is 0. The van der Waals surface area contributed by atoms with Gasteiger partial charge >= 0.3 is 0 Å². The lowest BCUT2D eigenvalue weighted by Crippen LogP contribution is -1.95. The van der Waals surface area contributed by atoms with Gasteiger partial charge in [-0.25, -0.2) is 5.11 Å². The second-order valence-corrected chi connectivity index (χ2v) is 3.23. The molecule has 0 aliphatic rings. The van der Waals surface area contributed by atoms with Gasteiger partial charge in [0, 0.05) is 0 Å². The Morgan fingerprint density at radius 2 is 1.88 bits per heavy atom. The van der Waals surface area contributed by atoms with Crippen LogP contribution >= 0.6 is 34.8 Å². The van der Waals surface area contributed by atoms with Gasteiger partial charge in [-0.05, 0) is 5.92 Å². The first-order valence-corrected chi connectivity index (χ1v) is 2.84. The molecule has 0 amide bonds. The Labute approximate surface area is 62.5 Å². The smallest absolute Gasteiger partial charge is 0.223 e. The highest BCUT2D eigenvalue weighted by atomic mass is 35.6. The third-order valence-corrected chi connectivity index (χ3v) is 0.586. The minimum absolute atomic E-state index is 0.534. The molecule has 0 atom stereocenters. The summed E-state index contributed by atoms with van der Waals surface area (Å²) >= 11 is 15.4. The van der Waals surface area contributed by atoms with E-state index >= 15 is 0 Å². The zero-order chi connectivity index (χ0) is 6.62. The molecule has 0 rings (SSSR count). The van der Waals surface area contributed by atoms with Gasteiger partial charge in [-0.2, -0.15) is 0 Å². The third-order valence-electron chi connectivity index (χ3n) is 0.302. The predicted molar refractivity (Wildman–Crippen MR) is 33.6 cm³/mol. The van der Waals surface area contributed by atoms with Crippen LogP contribution in [0.2, 0.25) is 0 Å². The summed E-state index contributed by atoms with van der Waals surface area (Å²) in [4.78, 5) is 0. The molecule has 0 bridgehead atoms. The zero-order valence-corrected chi connectivity index (χ0v) is 6.02. The fourth-order valence-electron chi connectivity index (χ4n) is 0.136. The molecular formula is C4H2Cl3O. The van der Waals surface area contributed by atoms with Crippen LogP contribution in [0.5, 0.6) is 0 Å².